The lowest BCUT2D eigenvalue weighted by molar-refractivity contribution is -0.0330. The molecule has 0 radical (unpaired) electrons. The molecule has 2 atom stereocenters. The number of fused-ring (bicyclic) bond motifs is 2. The lowest BCUT2D eigenvalue weighted by Crippen LogP contribution is -2.57. The van der Waals surface area contributed by atoms with Crippen LogP contribution < -0.4 is 4.74 Å². The first-order chi connectivity index (χ1) is 12.9. The number of ether oxygens (including phenoxy) is 2. The Kier molecular flexibility index (Phi) is 5.88. The molecule has 146 valence electrons. The van der Waals surface area contributed by atoms with Gasteiger partial charge in [-0.25, -0.2) is 4.79 Å². The number of piperazine rings is 1. The van der Waals surface area contributed by atoms with E-state index in [4.69, 9.17) is 14.7 Å². The third-order valence-electron chi connectivity index (χ3n) is 5.24. The number of rotatable bonds is 6. The molecule has 1 amide bonds. The maximum Gasteiger partial charge on any atom is 0.410 e. The molecule has 7 heteroatoms. The first-order valence-electron chi connectivity index (χ1n) is 9.39. The molecule has 0 aromatic heterocycles. The molecule has 0 aliphatic carbocycles. The summed E-state index contributed by atoms with van der Waals surface area (Å²) >= 11 is 0. The Labute approximate surface area is 160 Å². The molecule has 0 saturated carbocycles. The molecule has 1 N–H and O–H groups in total. The molecule has 2 unspecified atom stereocenters. The van der Waals surface area contributed by atoms with E-state index in [1.165, 1.54) is 0 Å². The number of carbonyl (C=O) groups excluding carboxylic acids is 1. The molecule has 2 bridgehead atoms. The summed E-state index contributed by atoms with van der Waals surface area (Å²) in [5.41, 5.74) is -0.241. The van der Waals surface area contributed by atoms with Gasteiger partial charge in [-0.05, 0) is 51.0 Å². The van der Waals surface area contributed by atoms with Gasteiger partial charge in [0.15, 0.2) is 0 Å². The molecule has 1 aromatic rings. The molecule has 7 nitrogen and oxygen atoms in total. The normalized spacial score (nSPS) is 22.4. The fraction of sp³-hybridized carbons (Fsp3) is 0.600. The second-order valence-corrected chi connectivity index (χ2v) is 7.80. The molecule has 2 aliphatic heterocycles. The Morgan fingerprint density at radius 2 is 1.89 bits per heavy atom. The minimum atomic E-state index is -0.859. The van der Waals surface area contributed by atoms with Crippen molar-refractivity contribution in [3.05, 3.63) is 29.8 Å². The van der Waals surface area contributed by atoms with Gasteiger partial charge < -0.3 is 19.5 Å². The zero-order valence-electron chi connectivity index (χ0n) is 15.9. The predicted molar refractivity (Wildman–Crippen MR) is 99.4 cm³/mol. The molecular weight excluding hydrogens is 346 g/mol. The summed E-state index contributed by atoms with van der Waals surface area (Å²) in [6, 6.07) is 9.84. The minimum Gasteiger partial charge on any atom is -0.492 e. The van der Waals surface area contributed by atoms with Gasteiger partial charge in [-0.3, -0.25) is 4.90 Å². The zero-order chi connectivity index (χ0) is 19.4. The molecule has 2 heterocycles. The largest absolute Gasteiger partial charge is 0.492 e. The summed E-state index contributed by atoms with van der Waals surface area (Å²) in [4.78, 5) is 16.6. The van der Waals surface area contributed by atoms with E-state index >= 15 is 0 Å². The van der Waals surface area contributed by atoms with Gasteiger partial charge >= 0.3 is 6.09 Å². The first-order valence-corrected chi connectivity index (χ1v) is 9.39. The van der Waals surface area contributed by atoms with Crippen LogP contribution in [-0.4, -0.2) is 71.5 Å². The van der Waals surface area contributed by atoms with Gasteiger partial charge in [0, 0.05) is 31.7 Å². The summed E-state index contributed by atoms with van der Waals surface area (Å²) in [5, 5.41) is 18.1. The number of nitriles is 1. The van der Waals surface area contributed by atoms with E-state index in [2.05, 4.69) is 11.0 Å². The third-order valence-corrected chi connectivity index (χ3v) is 5.24. The number of likely N-dealkylation sites (tertiary alicyclic amines) is 1. The maximum atomic E-state index is 12.4. The van der Waals surface area contributed by atoms with E-state index in [1.54, 1.807) is 30.9 Å². The van der Waals surface area contributed by atoms with Gasteiger partial charge in [-0.2, -0.15) is 5.26 Å². The van der Waals surface area contributed by atoms with Gasteiger partial charge in [0.05, 0.1) is 18.2 Å². The second kappa shape index (κ2) is 8.15. The number of amides is 1. The minimum absolute atomic E-state index is 0.196. The molecule has 0 spiro atoms. The molecule has 1 aromatic carbocycles. The fourth-order valence-corrected chi connectivity index (χ4v) is 3.73. The Balaban J connectivity index is 1.49. The monoisotopic (exact) mass is 373 g/mol. The number of carbonyl (C=O) groups is 1. The highest BCUT2D eigenvalue weighted by molar-refractivity contribution is 5.68. The quantitative estimate of drug-likeness (QED) is 0.821. The van der Waals surface area contributed by atoms with Crippen LogP contribution in [-0.2, 0) is 4.74 Å². The molecule has 27 heavy (non-hydrogen) atoms. The Bertz CT molecular complexity index is 684. The second-order valence-electron chi connectivity index (χ2n) is 7.80. The van der Waals surface area contributed by atoms with Crippen LogP contribution in [0.15, 0.2) is 24.3 Å². The lowest BCUT2D eigenvalue weighted by Gasteiger charge is -2.41. The summed E-state index contributed by atoms with van der Waals surface area (Å²) in [6.45, 7) is 5.88. The molecular formula is C20H27N3O4. The van der Waals surface area contributed by atoms with Crippen molar-refractivity contribution < 1.29 is 19.4 Å². The average Bonchev–Trinajstić information content (AvgIpc) is 2.89. The van der Waals surface area contributed by atoms with E-state index in [-0.39, 0.29) is 12.7 Å². The number of benzene rings is 1. The third kappa shape index (κ3) is 4.71. The van der Waals surface area contributed by atoms with Crippen molar-refractivity contribution in [3.8, 4) is 11.8 Å². The van der Waals surface area contributed by atoms with E-state index < -0.39 is 5.60 Å². The average molecular weight is 373 g/mol. The SMILES string of the molecule is CC(C)(CO)OC(=O)N1CC2CCC(C1)N2CCOc1ccc(C#N)cc1. The Hall–Kier alpha value is -2.30. The van der Waals surface area contributed by atoms with Crippen LogP contribution in [0.25, 0.3) is 0 Å². The van der Waals surface area contributed by atoms with E-state index in [0.29, 0.717) is 37.3 Å². The van der Waals surface area contributed by atoms with Crippen LogP contribution in [0.1, 0.15) is 32.3 Å². The molecule has 2 fully saturated rings. The topological polar surface area (TPSA) is 86.0 Å². The number of aliphatic hydroxyl groups excluding tert-OH is 1. The van der Waals surface area contributed by atoms with Crippen LogP contribution in [0.4, 0.5) is 4.79 Å². The van der Waals surface area contributed by atoms with Gasteiger partial charge in [-0.1, -0.05) is 0 Å². The molecule has 2 saturated heterocycles. The lowest BCUT2D eigenvalue weighted by atomic mass is 10.1. The number of hydrogen-bond acceptors (Lipinski definition) is 6. The standard InChI is InChI=1S/C20H27N3O4/c1-20(2,14-24)27-19(25)22-12-16-5-6-17(13-22)23(16)9-10-26-18-7-3-15(11-21)4-8-18/h3-4,7-8,16-17,24H,5-6,9-10,12-14H2,1-2H3. The number of hydrogen-bond donors (Lipinski definition) is 1. The van der Waals surface area contributed by atoms with Crippen LogP contribution in [0, 0.1) is 11.3 Å². The van der Waals surface area contributed by atoms with E-state index in [0.717, 1.165) is 25.1 Å². The van der Waals surface area contributed by atoms with Crippen LogP contribution in [0.2, 0.25) is 0 Å². The smallest absolute Gasteiger partial charge is 0.410 e. The van der Waals surface area contributed by atoms with Crippen molar-refractivity contribution in [2.75, 3.05) is 32.8 Å². The number of nitrogens with zero attached hydrogens (tertiary/aromatic N) is 3. The van der Waals surface area contributed by atoms with E-state index in [9.17, 15) is 9.90 Å². The van der Waals surface area contributed by atoms with Crippen LogP contribution >= 0.6 is 0 Å². The highest BCUT2D eigenvalue weighted by Gasteiger charge is 2.42. The van der Waals surface area contributed by atoms with Crippen molar-refractivity contribution in [2.45, 2.75) is 44.4 Å². The summed E-state index contributed by atoms with van der Waals surface area (Å²) in [7, 11) is 0. The van der Waals surface area contributed by atoms with Gasteiger partial charge in [0.1, 0.15) is 18.0 Å². The number of aliphatic hydroxyl groups is 1. The summed E-state index contributed by atoms with van der Waals surface area (Å²) in [6.07, 6.45) is 1.78. The van der Waals surface area contributed by atoms with Crippen molar-refractivity contribution in [3.63, 3.8) is 0 Å². The van der Waals surface area contributed by atoms with Gasteiger partial charge in [-0.15, -0.1) is 0 Å². The fourth-order valence-electron chi connectivity index (χ4n) is 3.73. The molecule has 3 rings (SSSR count). The zero-order valence-corrected chi connectivity index (χ0v) is 15.9. The van der Waals surface area contributed by atoms with Crippen LogP contribution in [0.3, 0.4) is 0 Å². The Morgan fingerprint density at radius 3 is 2.44 bits per heavy atom. The van der Waals surface area contributed by atoms with Crippen molar-refractivity contribution in [2.24, 2.45) is 0 Å². The van der Waals surface area contributed by atoms with Crippen molar-refractivity contribution in [1.82, 2.24) is 9.80 Å². The summed E-state index contributed by atoms with van der Waals surface area (Å²) in [5.74, 6) is 0.759. The predicted octanol–water partition coefficient (Wildman–Crippen LogP) is 1.99. The van der Waals surface area contributed by atoms with Gasteiger partial charge in [0.25, 0.3) is 0 Å². The highest BCUT2D eigenvalue weighted by Crippen LogP contribution is 2.30. The first kappa shape index (κ1) is 19.5. The van der Waals surface area contributed by atoms with E-state index in [1.807, 2.05) is 12.1 Å². The highest BCUT2D eigenvalue weighted by atomic mass is 16.6. The molecule has 2 aliphatic rings. The van der Waals surface area contributed by atoms with Crippen LogP contribution in [0.5, 0.6) is 5.75 Å². The summed E-state index contributed by atoms with van der Waals surface area (Å²) < 4.78 is 11.2. The van der Waals surface area contributed by atoms with Gasteiger partial charge in [0.2, 0.25) is 0 Å². The van der Waals surface area contributed by atoms with Crippen molar-refractivity contribution >= 4 is 6.09 Å². The maximum absolute atomic E-state index is 12.4. The van der Waals surface area contributed by atoms with Crippen molar-refractivity contribution in [1.29, 1.82) is 5.26 Å². The Morgan fingerprint density at radius 1 is 1.26 bits per heavy atom.